The Morgan fingerprint density at radius 3 is 3.24 bits per heavy atom. The van der Waals surface area contributed by atoms with Crippen LogP contribution >= 0.6 is 0 Å². The molecule has 2 heterocycles. The molecule has 0 saturated carbocycles. The van der Waals surface area contributed by atoms with Crippen LogP contribution < -0.4 is 11.1 Å². The summed E-state index contributed by atoms with van der Waals surface area (Å²) in [6.45, 7) is 2.15. The smallest absolute Gasteiger partial charge is 0.189 e. The summed E-state index contributed by atoms with van der Waals surface area (Å²) < 4.78 is 5.53. The summed E-state index contributed by atoms with van der Waals surface area (Å²) in [5.74, 6) is 0.469. The molecule has 5 heteroatoms. The molecule has 1 aromatic heterocycles. The van der Waals surface area contributed by atoms with Crippen molar-refractivity contribution in [3.05, 3.63) is 42.1 Å². The van der Waals surface area contributed by atoms with E-state index in [4.69, 9.17) is 10.5 Å². The molecule has 2 aromatic rings. The monoisotopic (exact) mass is 284 g/mol. The number of aromatic nitrogens is 1. The van der Waals surface area contributed by atoms with Crippen molar-refractivity contribution in [1.29, 1.82) is 0 Å². The number of hydrogen-bond acceptors (Lipinski definition) is 3. The lowest BCUT2D eigenvalue weighted by Crippen LogP contribution is -2.37. The van der Waals surface area contributed by atoms with Crippen molar-refractivity contribution in [1.82, 2.24) is 10.3 Å². The van der Waals surface area contributed by atoms with Gasteiger partial charge in [0.25, 0.3) is 0 Å². The highest BCUT2D eigenvalue weighted by molar-refractivity contribution is 5.79. The van der Waals surface area contributed by atoms with Gasteiger partial charge < -0.3 is 15.8 Å². The molecule has 0 bridgehead atoms. The van der Waals surface area contributed by atoms with E-state index in [-0.39, 0.29) is 6.10 Å². The number of guanidine groups is 1. The number of ether oxygens (including phenoxy) is 1. The van der Waals surface area contributed by atoms with Crippen LogP contribution in [0, 0.1) is 0 Å². The number of nitrogens with zero attached hydrogens (tertiary/aromatic N) is 2. The van der Waals surface area contributed by atoms with Crippen LogP contribution in [0.5, 0.6) is 0 Å². The third kappa shape index (κ3) is 3.70. The zero-order chi connectivity index (χ0) is 14.5. The number of nitrogens with two attached hydrogens (primary N) is 1. The highest BCUT2D eigenvalue weighted by atomic mass is 16.5. The second-order valence-electron chi connectivity index (χ2n) is 5.25. The summed E-state index contributed by atoms with van der Waals surface area (Å²) >= 11 is 0. The van der Waals surface area contributed by atoms with Crippen LogP contribution in [0.25, 0.3) is 10.9 Å². The lowest BCUT2D eigenvalue weighted by atomic mass is 10.1. The Morgan fingerprint density at radius 1 is 1.43 bits per heavy atom. The van der Waals surface area contributed by atoms with Gasteiger partial charge in [0.05, 0.1) is 18.2 Å². The van der Waals surface area contributed by atoms with Gasteiger partial charge in [-0.1, -0.05) is 12.1 Å². The van der Waals surface area contributed by atoms with Crippen molar-refractivity contribution in [2.45, 2.75) is 25.5 Å². The fraction of sp³-hybridized carbons (Fsp3) is 0.375. The molecule has 5 nitrogen and oxygen atoms in total. The predicted octanol–water partition coefficient (Wildman–Crippen LogP) is 1.82. The van der Waals surface area contributed by atoms with Crippen molar-refractivity contribution in [2.75, 3.05) is 13.2 Å². The maximum atomic E-state index is 5.88. The minimum atomic E-state index is 0.269. The maximum absolute atomic E-state index is 5.88. The van der Waals surface area contributed by atoms with E-state index in [2.05, 4.69) is 27.4 Å². The third-order valence-electron chi connectivity index (χ3n) is 3.63. The van der Waals surface area contributed by atoms with Gasteiger partial charge in [0, 0.05) is 24.7 Å². The van der Waals surface area contributed by atoms with Gasteiger partial charge in [0.2, 0.25) is 0 Å². The largest absolute Gasteiger partial charge is 0.376 e. The second-order valence-corrected chi connectivity index (χ2v) is 5.25. The van der Waals surface area contributed by atoms with Crippen molar-refractivity contribution < 1.29 is 4.74 Å². The minimum absolute atomic E-state index is 0.269. The molecular formula is C16H20N4O. The first-order valence-electron chi connectivity index (χ1n) is 7.30. The minimum Gasteiger partial charge on any atom is -0.376 e. The average Bonchev–Trinajstić information content (AvgIpc) is 3.04. The first-order valence-corrected chi connectivity index (χ1v) is 7.30. The molecule has 0 amide bonds. The topological polar surface area (TPSA) is 72.5 Å². The van der Waals surface area contributed by atoms with Gasteiger partial charge in [-0.3, -0.25) is 4.98 Å². The van der Waals surface area contributed by atoms with Gasteiger partial charge in [-0.05, 0) is 36.6 Å². The molecule has 1 unspecified atom stereocenters. The number of benzene rings is 1. The summed E-state index contributed by atoms with van der Waals surface area (Å²) in [5, 5.41) is 4.24. The lowest BCUT2D eigenvalue weighted by molar-refractivity contribution is 0.114. The van der Waals surface area contributed by atoms with Crippen LogP contribution in [0.3, 0.4) is 0 Å². The van der Waals surface area contributed by atoms with E-state index in [9.17, 15) is 0 Å². The normalized spacial score (nSPS) is 19.0. The Hall–Kier alpha value is -2.14. The van der Waals surface area contributed by atoms with Crippen molar-refractivity contribution in [2.24, 2.45) is 10.7 Å². The molecular weight excluding hydrogens is 264 g/mol. The zero-order valence-electron chi connectivity index (χ0n) is 12.0. The van der Waals surface area contributed by atoms with Crippen molar-refractivity contribution in [3.63, 3.8) is 0 Å². The Balaban J connectivity index is 1.57. The van der Waals surface area contributed by atoms with Gasteiger partial charge in [-0.25, -0.2) is 4.99 Å². The van der Waals surface area contributed by atoms with Gasteiger partial charge in [-0.2, -0.15) is 0 Å². The molecule has 0 spiro atoms. The molecule has 1 atom stereocenters. The molecule has 21 heavy (non-hydrogen) atoms. The first-order chi connectivity index (χ1) is 10.3. The molecule has 1 aromatic carbocycles. The Bertz CT molecular complexity index is 635. The van der Waals surface area contributed by atoms with E-state index >= 15 is 0 Å². The number of pyridine rings is 1. The summed E-state index contributed by atoms with van der Waals surface area (Å²) in [4.78, 5) is 8.67. The van der Waals surface area contributed by atoms with E-state index in [0.29, 0.717) is 12.5 Å². The Kier molecular flexibility index (Phi) is 4.31. The highest BCUT2D eigenvalue weighted by Crippen LogP contribution is 2.14. The molecule has 110 valence electrons. The Morgan fingerprint density at radius 2 is 2.38 bits per heavy atom. The van der Waals surface area contributed by atoms with Crippen LogP contribution in [-0.2, 0) is 11.3 Å². The predicted molar refractivity (Wildman–Crippen MR) is 84.0 cm³/mol. The maximum Gasteiger partial charge on any atom is 0.189 e. The van der Waals surface area contributed by atoms with Gasteiger partial charge >= 0.3 is 0 Å². The van der Waals surface area contributed by atoms with E-state index in [1.165, 1.54) is 0 Å². The second kappa shape index (κ2) is 6.54. The Labute approximate surface area is 124 Å². The van der Waals surface area contributed by atoms with Gasteiger partial charge in [-0.15, -0.1) is 0 Å². The summed E-state index contributed by atoms with van der Waals surface area (Å²) in [5.41, 5.74) is 8.00. The van der Waals surface area contributed by atoms with Crippen molar-refractivity contribution >= 4 is 16.9 Å². The molecule has 0 radical (unpaired) electrons. The SMILES string of the molecule is NC(=NCc1ccc2ncccc2c1)NCC1CCCO1. The summed E-state index contributed by atoms with van der Waals surface area (Å²) in [7, 11) is 0. The fourth-order valence-electron chi connectivity index (χ4n) is 2.48. The van der Waals surface area contributed by atoms with Gasteiger partial charge in [0.15, 0.2) is 5.96 Å². The fourth-order valence-corrected chi connectivity index (χ4v) is 2.48. The first kappa shape index (κ1) is 13.8. The van der Waals surface area contributed by atoms with E-state index < -0.39 is 0 Å². The molecule has 1 fully saturated rings. The van der Waals surface area contributed by atoms with Crippen LogP contribution in [0.15, 0.2) is 41.5 Å². The lowest BCUT2D eigenvalue weighted by Gasteiger charge is -2.11. The number of nitrogens with one attached hydrogen (secondary N) is 1. The molecule has 3 rings (SSSR count). The number of aliphatic imine (C=N–C) groups is 1. The third-order valence-corrected chi connectivity index (χ3v) is 3.63. The summed E-state index contributed by atoms with van der Waals surface area (Å²) in [6.07, 6.45) is 4.30. The summed E-state index contributed by atoms with van der Waals surface area (Å²) in [6, 6.07) is 10.1. The average molecular weight is 284 g/mol. The van der Waals surface area contributed by atoms with Crippen LogP contribution in [0.4, 0.5) is 0 Å². The van der Waals surface area contributed by atoms with Crippen LogP contribution in [-0.4, -0.2) is 30.2 Å². The quantitative estimate of drug-likeness (QED) is 0.663. The molecule has 1 saturated heterocycles. The molecule has 0 aliphatic carbocycles. The van der Waals surface area contributed by atoms with E-state index in [1.54, 1.807) is 6.20 Å². The number of rotatable bonds is 4. The van der Waals surface area contributed by atoms with Crippen molar-refractivity contribution in [3.8, 4) is 0 Å². The molecule has 1 aliphatic rings. The number of fused-ring (bicyclic) bond motifs is 1. The zero-order valence-corrected chi connectivity index (χ0v) is 12.0. The number of hydrogen-bond donors (Lipinski definition) is 2. The van der Waals surface area contributed by atoms with E-state index in [1.807, 2.05) is 18.2 Å². The molecule has 1 aliphatic heterocycles. The van der Waals surface area contributed by atoms with Gasteiger partial charge in [0.1, 0.15) is 0 Å². The van der Waals surface area contributed by atoms with Crippen LogP contribution in [0.2, 0.25) is 0 Å². The van der Waals surface area contributed by atoms with E-state index in [0.717, 1.165) is 42.5 Å². The standard InChI is InChI=1S/C16H20N4O/c17-16(20-11-14-4-2-8-21-14)19-10-12-5-6-15-13(9-12)3-1-7-18-15/h1,3,5-7,9,14H,2,4,8,10-11H2,(H3,17,19,20). The highest BCUT2D eigenvalue weighted by Gasteiger charge is 2.14. The van der Waals surface area contributed by atoms with Crippen LogP contribution in [0.1, 0.15) is 18.4 Å². The molecule has 3 N–H and O–H groups in total.